The lowest BCUT2D eigenvalue weighted by atomic mass is 10.1. The summed E-state index contributed by atoms with van der Waals surface area (Å²) in [6.45, 7) is 0.808. The number of nitrogens with one attached hydrogen (secondary N) is 1. The second-order valence-corrected chi connectivity index (χ2v) is 7.19. The van der Waals surface area contributed by atoms with Crippen LogP contribution >= 0.6 is 11.6 Å². The van der Waals surface area contributed by atoms with E-state index in [1.165, 1.54) is 17.5 Å². The molecule has 2 nitrogen and oxygen atoms in total. The summed E-state index contributed by atoms with van der Waals surface area (Å²) in [5.74, 6) is 1.96. The lowest BCUT2D eigenvalue weighted by molar-refractivity contribution is -0.122. The highest BCUT2D eigenvalue weighted by molar-refractivity contribution is 6.30. The van der Waals surface area contributed by atoms with Gasteiger partial charge in [-0.2, -0.15) is 0 Å². The van der Waals surface area contributed by atoms with E-state index in [-0.39, 0.29) is 11.8 Å². The number of carbonyl (C=O) groups excluding carboxylic acids is 1. The molecular formula is C20H20ClNO. The van der Waals surface area contributed by atoms with E-state index in [2.05, 4.69) is 29.6 Å². The van der Waals surface area contributed by atoms with Crippen molar-refractivity contribution in [2.75, 3.05) is 6.54 Å². The Bertz CT molecular complexity index is 697. The summed E-state index contributed by atoms with van der Waals surface area (Å²) >= 11 is 5.91. The molecule has 2 fully saturated rings. The molecule has 3 heteroatoms. The van der Waals surface area contributed by atoms with Crippen LogP contribution in [0.3, 0.4) is 0 Å². The lowest BCUT2D eigenvalue weighted by Crippen LogP contribution is -2.27. The Morgan fingerprint density at radius 3 is 2.39 bits per heavy atom. The molecule has 0 radical (unpaired) electrons. The van der Waals surface area contributed by atoms with Gasteiger partial charge in [-0.3, -0.25) is 4.79 Å². The minimum atomic E-state index is 0.144. The van der Waals surface area contributed by atoms with E-state index in [4.69, 9.17) is 11.6 Å². The number of halogens is 1. The molecule has 0 aromatic heterocycles. The van der Waals surface area contributed by atoms with Gasteiger partial charge in [0.15, 0.2) is 0 Å². The van der Waals surface area contributed by atoms with Crippen LogP contribution in [-0.2, 0) is 4.79 Å². The van der Waals surface area contributed by atoms with E-state index in [9.17, 15) is 4.79 Å². The molecule has 1 amide bonds. The van der Waals surface area contributed by atoms with Crippen LogP contribution in [0.2, 0.25) is 5.02 Å². The average Bonchev–Trinajstić information content (AvgIpc) is 3.48. The minimum Gasteiger partial charge on any atom is -0.356 e. The molecule has 118 valence electrons. The molecule has 2 aromatic carbocycles. The summed E-state index contributed by atoms with van der Waals surface area (Å²) in [5.41, 5.74) is 2.63. The number of hydrogen-bond acceptors (Lipinski definition) is 1. The Labute approximate surface area is 141 Å². The Hall–Kier alpha value is -1.80. The van der Waals surface area contributed by atoms with Gasteiger partial charge in [0.05, 0.1) is 0 Å². The van der Waals surface area contributed by atoms with Gasteiger partial charge in [0, 0.05) is 17.5 Å². The lowest BCUT2D eigenvalue weighted by Gasteiger charge is -2.05. The Kier molecular flexibility index (Phi) is 3.86. The smallest absolute Gasteiger partial charge is 0.223 e. The first-order valence-corrected chi connectivity index (χ1v) is 8.68. The summed E-state index contributed by atoms with van der Waals surface area (Å²) in [5, 5.41) is 3.90. The van der Waals surface area contributed by atoms with Crippen molar-refractivity contribution < 1.29 is 4.79 Å². The molecule has 0 aliphatic heterocycles. The zero-order valence-electron chi connectivity index (χ0n) is 12.9. The number of amides is 1. The van der Waals surface area contributed by atoms with Gasteiger partial charge in [-0.15, -0.1) is 0 Å². The van der Waals surface area contributed by atoms with E-state index in [1.54, 1.807) is 0 Å². The molecule has 4 atom stereocenters. The third kappa shape index (κ3) is 3.28. The third-order valence-electron chi connectivity index (χ3n) is 5.11. The normalized spacial score (nSPS) is 28.2. The van der Waals surface area contributed by atoms with E-state index in [0.717, 1.165) is 18.0 Å². The van der Waals surface area contributed by atoms with Gasteiger partial charge in [-0.25, -0.2) is 0 Å². The van der Waals surface area contributed by atoms with Crippen LogP contribution in [0.4, 0.5) is 0 Å². The van der Waals surface area contributed by atoms with Gasteiger partial charge < -0.3 is 5.32 Å². The van der Waals surface area contributed by atoms with Crippen LogP contribution < -0.4 is 5.32 Å². The average molecular weight is 326 g/mol. The van der Waals surface area contributed by atoms with Gasteiger partial charge in [-0.05, 0) is 53.9 Å². The molecule has 2 aliphatic carbocycles. The molecule has 4 rings (SSSR count). The molecule has 23 heavy (non-hydrogen) atoms. The number of rotatable bonds is 5. The molecule has 2 aromatic rings. The van der Waals surface area contributed by atoms with Crippen molar-refractivity contribution in [1.82, 2.24) is 5.32 Å². The largest absolute Gasteiger partial charge is 0.356 e. The van der Waals surface area contributed by atoms with E-state index in [0.29, 0.717) is 17.8 Å². The second kappa shape index (κ2) is 6.01. The maximum absolute atomic E-state index is 12.3. The highest BCUT2D eigenvalue weighted by atomic mass is 35.5. The number of benzene rings is 2. The van der Waals surface area contributed by atoms with Crippen LogP contribution in [0.25, 0.3) is 0 Å². The second-order valence-electron chi connectivity index (χ2n) is 6.76. The first kappa shape index (κ1) is 14.8. The van der Waals surface area contributed by atoms with Crippen molar-refractivity contribution in [3.8, 4) is 0 Å². The molecule has 2 aliphatic rings. The summed E-state index contributed by atoms with van der Waals surface area (Å²) in [6.07, 6.45) is 2.15. The van der Waals surface area contributed by atoms with Gasteiger partial charge >= 0.3 is 0 Å². The van der Waals surface area contributed by atoms with Gasteiger partial charge in [0.2, 0.25) is 5.91 Å². The van der Waals surface area contributed by atoms with Crippen LogP contribution in [0.1, 0.15) is 35.8 Å². The minimum absolute atomic E-state index is 0.144. The maximum Gasteiger partial charge on any atom is 0.223 e. The zero-order chi connectivity index (χ0) is 15.8. The molecular weight excluding hydrogens is 306 g/mol. The molecule has 2 saturated carbocycles. The third-order valence-corrected chi connectivity index (χ3v) is 5.37. The Balaban J connectivity index is 1.25. The fourth-order valence-electron chi connectivity index (χ4n) is 3.51. The number of carbonyl (C=O) groups is 1. The summed E-state index contributed by atoms with van der Waals surface area (Å²) in [4.78, 5) is 12.3. The summed E-state index contributed by atoms with van der Waals surface area (Å²) in [6, 6.07) is 18.5. The highest BCUT2D eigenvalue weighted by Gasteiger charge is 2.45. The predicted octanol–water partition coefficient (Wildman–Crippen LogP) is 4.36. The number of hydrogen-bond donors (Lipinski definition) is 1. The fraction of sp³-hybridized carbons (Fsp3) is 0.350. The van der Waals surface area contributed by atoms with Crippen LogP contribution in [0, 0.1) is 11.8 Å². The maximum atomic E-state index is 12.3. The zero-order valence-corrected chi connectivity index (χ0v) is 13.7. The Morgan fingerprint density at radius 2 is 1.65 bits per heavy atom. The van der Waals surface area contributed by atoms with Gasteiger partial charge in [0.1, 0.15) is 0 Å². The van der Waals surface area contributed by atoms with Gasteiger partial charge in [0.25, 0.3) is 0 Å². The molecule has 0 heterocycles. The van der Waals surface area contributed by atoms with Crippen LogP contribution in [0.5, 0.6) is 0 Å². The van der Waals surface area contributed by atoms with Crippen LogP contribution in [-0.4, -0.2) is 12.5 Å². The first-order valence-electron chi connectivity index (χ1n) is 8.30. The molecule has 1 N–H and O–H groups in total. The van der Waals surface area contributed by atoms with Crippen molar-refractivity contribution >= 4 is 17.5 Å². The van der Waals surface area contributed by atoms with Crippen molar-refractivity contribution in [2.45, 2.75) is 24.7 Å². The molecule has 4 unspecified atom stereocenters. The standard InChI is InChI=1S/C20H20ClNO/c21-16-8-6-14(7-9-16)18-11-19(18)20(23)22-12-15-10-17(15)13-4-2-1-3-5-13/h1-9,15,17-19H,10-12H2,(H,22,23). The predicted molar refractivity (Wildman–Crippen MR) is 92.6 cm³/mol. The van der Waals surface area contributed by atoms with E-state index < -0.39 is 0 Å². The van der Waals surface area contributed by atoms with E-state index >= 15 is 0 Å². The fourth-order valence-corrected chi connectivity index (χ4v) is 3.63. The monoisotopic (exact) mass is 325 g/mol. The van der Waals surface area contributed by atoms with Crippen molar-refractivity contribution in [3.63, 3.8) is 0 Å². The highest BCUT2D eigenvalue weighted by Crippen LogP contribution is 2.49. The van der Waals surface area contributed by atoms with Crippen molar-refractivity contribution in [1.29, 1.82) is 0 Å². The summed E-state index contributed by atoms with van der Waals surface area (Å²) in [7, 11) is 0. The Morgan fingerprint density at radius 1 is 0.957 bits per heavy atom. The summed E-state index contributed by atoms with van der Waals surface area (Å²) < 4.78 is 0. The topological polar surface area (TPSA) is 29.1 Å². The van der Waals surface area contributed by atoms with Crippen molar-refractivity contribution in [3.05, 3.63) is 70.7 Å². The SMILES string of the molecule is O=C(NCC1CC1c1ccccc1)C1CC1c1ccc(Cl)cc1. The van der Waals surface area contributed by atoms with Crippen LogP contribution in [0.15, 0.2) is 54.6 Å². The van der Waals surface area contributed by atoms with Crippen molar-refractivity contribution in [2.24, 2.45) is 11.8 Å². The molecule has 0 spiro atoms. The quantitative estimate of drug-likeness (QED) is 0.869. The molecule has 0 saturated heterocycles. The van der Waals surface area contributed by atoms with Gasteiger partial charge in [-0.1, -0.05) is 54.1 Å². The first-order chi connectivity index (χ1) is 11.2. The van der Waals surface area contributed by atoms with E-state index in [1.807, 2.05) is 30.3 Å². The molecule has 0 bridgehead atoms.